The zero-order valence-corrected chi connectivity index (χ0v) is 14.6. The molecule has 1 aliphatic heterocycles. The van der Waals surface area contributed by atoms with E-state index >= 15 is 0 Å². The smallest absolute Gasteiger partial charge is 0.367 e. The predicted octanol–water partition coefficient (Wildman–Crippen LogP) is 4.07. The van der Waals surface area contributed by atoms with E-state index in [1.54, 1.807) is 24.3 Å². The van der Waals surface area contributed by atoms with Crippen LogP contribution in [0.1, 0.15) is 11.1 Å². The Hall–Kier alpha value is -3.28. The fraction of sp³-hybridized carbons (Fsp3) is 0.263. The maximum absolute atomic E-state index is 13.9. The first-order valence-corrected chi connectivity index (χ1v) is 8.47. The van der Waals surface area contributed by atoms with Gasteiger partial charge in [0.1, 0.15) is 11.9 Å². The minimum atomic E-state index is -4.79. The van der Waals surface area contributed by atoms with E-state index in [4.69, 9.17) is 0 Å². The van der Waals surface area contributed by atoms with Gasteiger partial charge in [0.15, 0.2) is 0 Å². The number of anilines is 2. The number of halogens is 4. The summed E-state index contributed by atoms with van der Waals surface area (Å²) in [6.07, 6.45) is -4.79. The molecule has 2 amide bonds. The number of para-hydroxylation sites is 2. The largest absolute Gasteiger partial charge is 0.418 e. The van der Waals surface area contributed by atoms with Gasteiger partial charge in [-0.2, -0.15) is 18.4 Å². The van der Waals surface area contributed by atoms with Gasteiger partial charge in [-0.25, -0.2) is 9.18 Å². The van der Waals surface area contributed by atoms with Crippen molar-refractivity contribution >= 4 is 17.4 Å². The molecule has 0 unspecified atom stereocenters. The number of rotatable bonds is 2. The monoisotopic (exact) mass is 392 g/mol. The molecule has 28 heavy (non-hydrogen) atoms. The number of piperazine rings is 1. The van der Waals surface area contributed by atoms with Crippen molar-refractivity contribution in [2.24, 2.45) is 0 Å². The van der Waals surface area contributed by atoms with Crippen LogP contribution in [0.3, 0.4) is 0 Å². The van der Waals surface area contributed by atoms with Crippen LogP contribution in [0, 0.1) is 17.1 Å². The van der Waals surface area contributed by atoms with Crippen LogP contribution < -0.4 is 10.2 Å². The molecule has 0 bridgehead atoms. The number of amides is 2. The highest BCUT2D eigenvalue weighted by Crippen LogP contribution is 2.36. The highest BCUT2D eigenvalue weighted by atomic mass is 19.4. The normalized spacial score (nSPS) is 14.5. The number of nitrogens with one attached hydrogen (secondary N) is 1. The summed E-state index contributed by atoms with van der Waals surface area (Å²) in [5, 5.41) is 11.2. The molecular formula is C19H16F4N4O. The molecular weight excluding hydrogens is 376 g/mol. The fourth-order valence-electron chi connectivity index (χ4n) is 3.07. The summed E-state index contributed by atoms with van der Waals surface area (Å²) < 4.78 is 53.1. The molecule has 2 aromatic carbocycles. The van der Waals surface area contributed by atoms with Gasteiger partial charge in [-0.05, 0) is 24.3 Å². The first kappa shape index (κ1) is 19.5. The molecule has 0 spiro atoms. The quantitative estimate of drug-likeness (QED) is 0.784. The van der Waals surface area contributed by atoms with Crippen molar-refractivity contribution in [1.82, 2.24) is 4.90 Å². The Kier molecular flexibility index (Phi) is 5.40. The van der Waals surface area contributed by atoms with E-state index in [-0.39, 0.29) is 13.1 Å². The molecule has 1 heterocycles. The van der Waals surface area contributed by atoms with Gasteiger partial charge in [-0.1, -0.05) is 18.2 Å². The third kappa shape index (κ3) is 4.01. The van der Waals surface area contributed by atoms with E-state index in [0.717, 1.165) is 23.9 Å². The maximum Gasteiger partial charge on any atom is 0.418 e. The summed E-state index contributed by atoms with van der Waals surface area (Å²) in [6, 6.07) is 10.9. The number of nitriles is 1. The number of hydrogen-bond donors (Lipinski definition) is 1. The number of carbonyl (C=O) groups excluding carboxylic acids is 1. The van der Waals surface area contributed by atoms with Gasteiger partial charge >= 0.3 is 12.2 Å². The lowest BCUT2D eigenvalue weighted by Gasteiger charge is -2.36. The van der Waals surface area contributed by atoms with Gasteiger partial charge in [0.2, 0.25) is 0 Å². The van der Waals surface area contributed by atoms with E-state index in [2.05, 4.69) is 11.4 Å². The summed E-state index contributed by atoms with van der Waals surface area (Å²) in [4.78, 5) is 15.6. The molecule has 2 aromatic rings. The second-order valence-corrected chi connectivity index (χ2v) is 6.19. The molecule has 3 rings (SSSR count). The number of urea groups is 1. The molecule has 9 heteroatoms. The summed E-state index contributed by atoms with van der Waals surface area (Å²) >= 11 is 0. The van der Waals surface area contributed by atoms with Gasteiger partial charge in [-0.15, -0.1) is 0 Å². The predicted molar refractivity (Wildman–Crippen MR) is 95.4 cm³/mol. The van der Waals surface area contributed by atoms with Crippen molar-refractivity contribution in [2.75, 3.05) is 36.4 Å². The van der Waals surface area contributed by atoms with Crippen LogP contribution in [0.5, 0.6) is 0 Å². The van der Waals surface area contributed by atoms with Crippen LogP contribution >= 0.6 is 0 Å². The molecule has 0 atom stereocenters. The number of hydrogen-bond acceptors (Lipinski definition) is 3. The standard InChI is InChI=1S/C19H16F4N4O/c20-15-6-3-5-14(19(21,22)23)17(15)25-18(28)27-10-8-26(9-11-27)16-7-2-1-4-13(16)12-24/h1-7H,8-11H2,(H,25,28). The van der Waals surface area contributed by atoms with Crippen molar-refractivity contribution in [3.63, 3.8) is 0 Å². The third-order valence-electron chi connectivity index (χ3n) is 4.48. The molecule has 1 fully saturated rings. The topological polar surface area (TPSA) is 59.4 Å². The van der Waals surface area contributed by atoms with Gasteiger partial charge in [-0.3, -0.25) is 0 Å². The lowest BCUT2D eigenvalue weighted by molar-refractivity contribution is -0.137. The van der Waals surface area contributed by atoms with Crippen molar-refractivity contribution in [1.29, 1.82) is 5.26 Å². The second-order valence-electron chi connectivity index (χ2n) is 6.19. The number of nitrogens with zero attached hydrogens (tertiary/aromatic N) is 3. The number of alkyl halides is 3. The van der Waals surface area contributed by atoms with Gasteiger partial charge in [0.25, 0.3) is 0 Å². The first-order valence-electron chi connectivity index (χ1n) is 8.47. The first-order chi connectivity index (χ1) is 13.3. The Morgan fingerprint density at radius 1 is 1.04 bits per heavy atom. The van der Waals surface area contributed by atoms with Crippen molar-refractivity contribution in [3.05, 3.63) is 59.4 Å². The minimum absolute atomic E-state index is 0.224. The fourth-order valence-corrected chi connectivity index (χ4v) is 3.07. The van der Waals surface area contributed by atoms with Crippen LogP contribution in [-0.2, 0) is 6.18 Å². The Balaban J connectivity index is 1.70. The molecule has 1 saturated heterocycles. The summed E-state index contributed by atoms with van der Waals surface area (Å²) in [6.45, 7) is 1.24. The minimum Gasteiger partial charge on any atom is -0.367 e. The van der Waals surface area contributed by atoms with E-state index in [1.807, 2.05) is 4.90 Å². The summed E-state index contributed by atoms with van der Waals surface area (Å²) in [5.74, 6) is -1.15. The van der Waals surface area contributed by atoms with Crippen LogP contribution in [0.2, 0.25) is 0 Å². The lowest BCUT2D eigenvalue weighted by Crippen LogP contribution is -2.50. The molecule has 1 N–H and O–H groups in total. The summed E-state index contributed by atoms with van der Waals surface area (Å²) in [7, 11) is 0. The van der Waals surface area contributed by atoms with Crippen LogP contribution in [0.25, 0.3) is 0 Å². The zero-order chi connectivity index (χ0) is 20.3. The number of benzene rings is 2. The third-order valence-corrected chi connectivity index (χ3v) is 4.48. The molecule has 0 radical (unpaired) electrons. The Bertz CT molecular complexity index is 915. The molecule has 5 nitrogen and oxygen atoms in total. The molecule has 1 aliphatic rings. The van der Waals surface area contributed by atoms with E-state index in [0.29, 0.717) is 18.7 Å². The Morgan fingerprint density at radius 3 is 2.36 bits per heavy atom. The van der Waals surface area contributed by atoms with Crippen molar-refractivity contribution in [2.45, 2.75) is 6.18 Å². The van der Waals surface area contributed by atoms with E-state index < -0.39 is 29.3 Å². The van der Waals surface area contributed by atoms with Crippen molar-refractivity contribution < 1.29 is 22.4 Å². The van der Waals surface area contributed by atoms with Gasteiger partial charge in [0, 0.05) is 26.2 Å². The molecule has 0 aromatic heterocycles. The average molecular weight is 392 g/mol. The van der Waals surface area contributed by atoms with Crippen LogP contribution in [0.4, 0.5) is 33.7 Å². The maximum atomic E-state index is 13.9. The van der Waals surface area contributed by atoms with Crippen molar-refractivity contribution in [3.8, 4) is 6.07 Å². The van der Waals surface area contributed by atoms with Crippen LogP contribution in [0.15, 0.2) is 42.5 Å². The van der Waals surface area contributed by atoms with E-state index in [9.17, 15) is 27.6 Å². The Labute approximate surface area is 158 Å². The SMILES string of the molecule is N#Cc1ccccc1N1CCN(C(=O)Nc2c(F)cccc2C(F)(F)F)CC1. The number of carbonyl (C=O) groups is 1. The highest BCUT2D eigenvalue weighted by molar-refractivity contribution is 5.90. The van der Waals surface area contributed by atoms with E-state index in [1.165, 1.54) is 4.90 Å². The molecule has 0 saturated carbocycles. The van der Waals surface area contributed by atoms with Crippen LogP contribution in [-0.4, -0.2) is 37.1 Å². The summed E-state index contributed by atoms with van der Waals surface area (Å²) in [5.41, 5.74) is -0.875. The Morgan fingerprint density at radius 2 is 1.71 bits per heavy atom. The second kappa shape index (κ2) is 7.76. The average Bonchev–Trinajstić information content (AvgIpc) is 2.68. The van der Waals surface area contributed by atoms with Gasteiger partial charge in [0.05, 0.1) is 22.5 Å². The highest BCUT2D eigenvalue weighted by Gasteiger charge is 2.35. The lowest BCUT2D eigenvalue weighted by atomic mass is 10.1. The zero-order valence-electron chi connectivity index (χ0n) is 14.6. The molecule has 0 aliphatic carbocycles. The van der Waals surface area contributed by atoms with Gasteiger partial charge < -0.3 is 15.1 Å². The molecule has 146 valence electrons.